The lowest BCUT2D eigenvalue weighted by molar-refractivity contribution is -0.125. The number of aromatic nitrogens is 1. The van der Waals surface area contributed by atoms with Crippen LogP contribution in [0.15, 0.2) is 18.3 Å². The summed E-state index contributed by atoms with van der Waals surface area (Å²) in [5.41, 5.74) is 6.79. The van der Waals surface area contributed by atoms with Gasteiger partial charge in [0.1, 0.15) is 5.82 Å². The lowest BCUT2D eigenvalue weighted by Gasteiger charge is -2.43. The lowest BCUT2D eigenvalue weighted by atomic mass is 9.82. The van der Waals surface area contributed by atoms with Crippen molar-refractivity contribution in [1.82, 2.24) is 10.3 Å². The Hall–Kier alpha value is -1.17. The molecule has 1 atom stereocenters. The molecule has 5 heteroatoms. The van der Waals surface area contributed by atoms with E-state index >= 15 is 0 Å². The van der Waals surface area contributed by atoms with Gasteiger partial charge in [0.25, 0.3) is 0 Å². The first kappa shape index (κ1) is 15.2. The normalized spacial score (nSPS) is 19.7. The lowest BCUT2D eigenvalue weighted by Crippen LogP contribution is -2.55. The Kier molecular flexibility index (Phi) is 5.34. The van der Waals surface area contributed by atoms with Crippen LogP contribution < -0.4 is 11.1 Å². The number of pyridine rings is 1. The fourth-order valence-electron chi connectivity index (χ4n) is 3.01. The molecular formula is C15H25N3O2. The number of likely N-dealkylation sites (N-methyl/N-ethyl adjacent to an activating group) is 1. The maximum Gasteiger partial charge on any atom is 0.123 e. The van der Waals surface area contributed by atoms with Crippen LogP contribution in [-0.2, 0) is 15.9 Å². The van der Waals surface area contributed by atoms with E-state index in [0.717, 1.165) is 39.1 Å². The third-order valence-corrected chi connectivity index (χ3v) is 4.04. The maximum atomic E-state index is 6.14. The molecule has 1 aromatic heterocycles. The monoisotopic (exact) mass is 279 g/mol. The van der Waals surface area contributed by atoms with Crippen molar-refractivity contribution in [2.45, 2.75) is 37.8 Å². The minimum atomic E-state index is -0.153. The SMILES string of the molecule is CCOC1(C(Cc2ccnc(N)c2)NC)CCOCC1. The van der Waals surface area contributed by atoms with Crippen LogP contribution in [0.2, 0.25) is 0 Å². The summed E-state index contributed by atoms with van der Waals surface area (Å²) in [6.07, 6.45) is 4.48. The Morgan fingerprint density at radius 2 is 2.25 bits per heavy atom. The fraction of sp³-hybridized carbons (Fsp3) is 0.667. The highest BCUT2D eigenvalue weighted by Crippen LogP contribution is 2.30. The first-order chi connectivity index (χ1) is 9.70. The van der Waals surface area contributed by atoms with E-state index in [1.807, 2.05) is 26.1 Å². The van der Waals surface area contributed by atoms with Crippen LogP contribution >= 0.6 is 0 Å². The Bertz CT molecular complexity index is 414. The maximum absolute atomic E-state index is 6.14. The Balaban J connectivity index is 2.15. The zero-order valence-corrected chi connectivity index (χ0v) is 12.4. The third-order valence-electron chi connectivity index (χ3n) is 4.04. The smallest absolute Gasteiger partial charge is 0.123 e. The predicted octanol–water partition coefficient (Wildman–Crippen LogP) is 1.38. The summed E-state index contributed by atoms with van der Waals surface area (Å²) >= 11 is 0. The number of nitrogen functional groups attached to an aromatic ring is 1. The molecule has 3 N–H and O–H groups in total. The number of nitrogens with one attached hydrogen (secondary N) is 1. The Morgan fingerprint density at radius 3 is 2.85 bits per heavy atom. The van der Waals surface area contributed by atoms with Gasteiger partial charge < -0.3 is 20.5 Å². The predicted molar refractivity (Wildman–Crippen MR) is 79.6 cm³/mol. The summed E-state index contributed by atoms with van der Waals surface area (Å²) in [6, 6.07) is 4.19. The van der Waals surface area contributed by atoms with E-state index in [-0.39, 0.29) is 11.6 Å². The average molecular weight is 279 g/mol. The molecule has 0 saturated carbocycles. The average Bonchev–Trinajstić information content (AvgIpc) is 2.46. The molecule has 1 aromatic rings. The van der Waals surface area contributed by atoms with E-state index in [4.69, 9.17) is 15.2 Å². The van der Waals surface area contributed by atoms with Crippen molar-refractivity contribution in [3.05, 3.63) is 23.9 Å². The molecule has 0 amide bonds. The van der Waals surface area contributed by atoms with E-state index in [1.54, 1.807) is 6.20 Å². The van der Waals surface area contributed by atoms with Crippen LogP contribution in [0.4, 0.5) is 5.82 Å². The van der Waals surface area contributed by atoms with Crippen molar-refractivity contribution >= 4 is 5.82 Å². The molecule has 2 rings (SSSR count). The molecule has 112 valence electrons. The summed E-state index contributed by atoms with van der Waals surface area (Å²) in [5, 5.41) is 3.42. The molecule has 1 aliphatic rings. The van der Waals surface area contributed by atoms with E-state index in [0.29, 0.717) is 5.82 Å². The second-order valence-electron chi connectivity index (χ2n) is 5.24. The summed E-state index contributed by atoms with van der Waals surface area (Å²) in [7, 11) is 1.99. The largest absolute Gasteiger partial charge is 0.384 e. The topological polar surface area (TPSA) is 69.4 Å². The van der Waals surface area contributed by atoms with Crippen LogP contribution in [0.25, 0.3) is 0 Å². The van der Waals surface area contributed by atoms with E-state index in [9.17, 15) is 0 Å². The highest BCUT2D eigenvalue weighted by molar-refractivity contribution is 5.32. The number of anilines is 1. The molecule has 1 unspecified atom stereocenters. The van der Waals surface area contributed by atoms with Gasteiger partial charge in [0.05, 0.1) is 5.60 Å². The molecule has 5 nitrogen and oxygen atoms in total. The number of ether oxygens (including phenoxy) is 2. The second-order valence-corrected chi connectivity index (χ2v) is 5.24. The van der Waals surface area contributed by atoms with Gasteiger partial charge in [0.2, 0.25) is 0 Å². The first-order valence-electron chi connectivity index (χ1n) is 7.29. The Labute approximate surface area is 120 Å². The quantitative estimate of drug-likeness (QED) is 0.823. The molecule has 0 radical (unpaired) electrons. The molecule has 0 spiro atoms. The van der Waals surface area contributed by atoms with Crippen molar-refractivity contribution in [3.63, 3.8) is 0 Å². The number of rotatable bonds is 6. The highest BCUT2D eigenvalue weighted by atomic mass is 16.5. The summed E-state index contributed by atoms with van der Waals surface area (Å²) in [6.45, 7) is 4.29. The summed E-state index contributed by atoms with van der Waals surface area (Å²) < 4.78 is 11.6. The third kappa shape index (κ3) is 3.48. The van der Waals surface area contributed by atoms with Gasteiger partial charge in [-0.2, -0.15) is 0 Å². The van der Waals surface area contributed by atoms with Crippen molar-refractivity contribution in [3.8, 4) is 0 Å². The van der Waals surface area contributed by atoms with Gasteiger partial charge >= 0.3 is 0 Å². The van der Waals surface area contributed by atoms with Gasteiger partial charge in [0.15, 0.2) is 0 Å². The van der Waals surface area contributed by atoms with Gasteiger partial charge in [-0.25, -0.2) is 4.98 Å². The zero-order chi connectivity index (χ0) is 14.4. The van der Waals surface area contributed by atoms with Crippen LogP contribution in [0, 0.1) is 0 Å². The number of nitrogens with two attached hydrogens (primary N) is 1. The van der Waals surface area contributed by atoms with Crippen molar-refractivity contribution < 1.29 is 9.47 Å². The molecule has 20 heavy (non-hydrogen) atoms. The second kappa shape index (κ2) is 7.02. The number of hydrogen-bond donors (Lipinski definition) is 2. The van der Waals surface area contributed by atoms with Gasteiger partial charge in [-0.3, -0.25) is 0 Å². The molecule has 0 bridgehead atoms. The first-order valence-corrected chi connectivity index (χ1v) is 7.29. The molecule has 2 heterocycles. The van der Waals surface area contributed by atoms with Crippen LogP contribution in [0.3, 0.4) is 0 Å². The van der Waals surface area contributed by atoms with Crippen LogP contribution in [-0.4, -0.2) is 43.5 Å². The minimum absolute atomic E-state index is 0.153. The van der Waals surface area contributed by atoms with Crippen LogP contribution in [0.1, 0.15) is 25.3 Å². The molecule has 0 aliphatic carbocycles. The van der Waals surface area contributed by atoms with Gasteiger partial charge in [-0.15, -0.1) is 0 Å². The standard InChI is InChI=1S/C15H25N3O2/c1-3-20-15(5-8-19-9-6-15)13(17-2)10-12-4-7-18-14(16)11-12/h4,7,11,13,17H,3,5-6,8-10H2,1-2H3,(H2,16,18). The highest BCUT2D eigenvalue weighted by Gasteiger charge is 2.40. The van der Waals surface area contributed by atoms with Gasteiger partial charge in [-0.05, 0) is 38.1 Å². The summed E-state index contributed by atoms with van der Waals surface area (Å²) in [4.78, 5) is 4.05. The molecule has 1 fully saturated rings. The minimum Gasteiger partial charge on any atom is -0.384 e. The Morgan fingerprint density at radius 1 is 1.50 bits per heavy atom. The van der Waals surface area contributed by atoms with Crippen molar-refractivity contribution in [2.24, 2.45) is 0 Å². The van der Waals surface area contributed by atoms with Gasteiger partial charge in [-0.1, -0.05) is 0 Å². The molecule has 0 aromatic carbocycles. The van der Waals surface area contributed by atoms with Crippen molar-refractivity contribution in [2.75, 3.05) is 32.6 Å². The molecule has 1 aliphatic heterocycles. The summed E-state index contributed by atoms with van der Waals surface area (Å²) in [5.74, 6) is 0.565. The van der Waals surface area contributed by atoms with Crippen molar-refractivity contribution in [1.29, 1.82) is 0 Å². The zero-order valence-electron chi connectivity index (χ0n) is 12.4. The number of hydrogen-bond acceptors (Lipinski definition) is 5. The van der Waals surface area contributed by atoms with Gasteiger partial charge in [0, 0.05) is 44.9 Å². The van der Waals surface area contributed by atoms with Crippen LogP contribution in [0.5, 0.6) is 0 Å². The van der Waals surface area contributed by atoms with E-state index in [2.05, 4.69) is 10.3 Å². The van der Waals surface area contributed by atoms with E-state index < -0.39 is 0 Å². The molecular weight excluding hydrogens is 254 g/mol. The van der Waals surface area contributed by atoms with E-state index in [1.165, 1.54) is 5.56 Å². The fourth-order valence-corrected chi connectivity index (χ4v) is 3.01. The number of nitrogens with zero attached hydrogens (tertiary/aromatic N) is 1. The molecule has 1 saturated heterocycles.